The van der Waals surface area contributed by atoms with Gasteiger partial charge in [-0.25, -0.2) is 0 Å². The molecule has 1 aromatic carbocycles. The van der Waals surface area contributed by atoms with E-state index in [-0.39, 0.29) is 36.8 Å². The third kappa shape index (κ3) is 5.05. The second kappa shape index (κ2) is 10.3. The molecule has 29 heavy (non-hydrogen) atoms. The van der Waals surface area contributed by atoms with Gasteiger partial charge in [-0.2, -0.15) is 5.10 Å². The summed E-state index contributed by atoms with van der Waals surface area (Å²) in [5.41, 5.74) is 3.81. The van der Waals surface area contributed by atoms with E-state index >= 15 is 0 Å². The maximum Gasteiger partial charge on any atom is 0.244 e. The number of benzene rings is 1. The summed E-state index contributed by atoms with van der Waals surface area (Å²) in [5.74, 6) is 0.821. The number of aromatic nitrogens is 2. The van der Waals surface area contributed by atoms with Gasteiger partial charge in [0.05, 0.1) is 6.20 Å². The molecule has 0 saturated carbocycles. The monoisotopic (exact) mass is 439 g/mol. The van der Waals surface area contributed by atoms with Crippen molar-refractivity contribution in [1.82, 2.24) is 20.0 Å². The lowest BCUT2D eigenvalue weighted by atomic mass is 9.95. The van der Waals surface area contributed by atoms with Crippen molar-refractivity contribution in [2.75, 3.05) is 38.1 Å². The fraction of sp³-hybridized carbons (Fsp3) is 0.524. The van der Waals surface area contributed by atoms with Gasteiger partial charge >= 0.3 is 0 Å². The smallest absolute Gasteiger partial charge is 0.244 e. The van der Waals surface area contributed by atoms with Crippen molar-refractivity contribution in [1.29, 1.82) is 0 Å². The van der Waals surface area contributed by atoms with Crippen LogP contribution in [0, 0.1) is 5.92 Å². The van der Waals surface area contributed by atoms with Crippen LogP contribution in [0.5, 0.6) is 0 Å². The molecule has 0 radical (unpaired) electrons. The molecule has 160 valence electrons. The molecule has 2 aromatic rings. The SMILES string of the molecule is CNC(C(=O)N1CCC(CN2CCc3ccccc32)CC1)c1cnn(C)c1.Cl.Cl. The Kier molecular flexibility index (Phi) is 8.37. The summed E-state index contributed by atoms with van der Waals surface area (Å²) in [6.07, 6.45) is 7.00. The molecule has 8 heteroatoms. The number of likely N-dealkylation sites (N-methyl/N-ethyl adjacent to an activating group) is 1. The number of amides is 1. The number of hydrogen-bond donors (Lipinski definition) is 1. The predicted molar refractivity (Wildman–Crippen MR) is 121 cm³/mol. The number of hydrogen-bond acceptors (Lipinski definition) is 4. The molecule has 1 saturated heterocycles. The van der Waals surface area contributed by atoms with E-state index in [9.17, 15) is 4.79 Å². The number of aryl methyl sites for hydroxylation is 1. The number of likely N-dealkylation sites (tertiary alicyclic amines) is 1. The van der Waals surface area contributed by atoms with E-state index in [0.717, 1.165) is 51.0 Å². The molecular formula is C21H31Cl2N5O. The van der Waals surface area contributed by atoms with Gasteiger partial charge in [-0.1, -0.05) is 18.2 Å². The largest absolute Gasteiger partial charge is 0.371 e. The van der Waals surface area contributed by atoms with Gasteiger partial charge in [-0.3, -0.25) is 9.48 Å². The first-order valence-corrected chi connectivity index (χ1v) is 9.93. The van der Waals surface area contributed by atoms with E-state index in [1.54, 1.807) is 10.9 Å². The number of carbonyl (C=O) groups is 1. The van der Waals surface area contributed by atoms with E-state index in [4.69, 9.17) is 0 Å². The zero-order valence-electron chi connectivity index (χ0n) is 17.1. The number of nitrogens with one attached hydrogen (secondary N) is 1. The minimum atomic E-state index is -0.305. The predicted octanol–water partition coefficient (Wildman–Crippen LogP) is 2.83. The molecule has 1 aromatic heterocycles. The molecule has 2 aliphatic rings. The van der Waals surface area contributed by atoms with Crippen LogP contribution in [0.4, 0.5) is 5.69 Å². The van der Waals surface area contributed by atoms with Crippen LogP contribution in [0.2, 0.25) is 0 Å². The Bertz CT molecular complexity index is 804. The number of para-hydroxylation sites is 1. The standard InChI is InChI=1S/C21H29N5O.2ClH/c1-22-20(18-13-23-24(2)15-18)21(27)25-10-7-16(8-11-25)14-26-12-9-17-5-3-4-6-19(17)26;;/h3-6,13,15-16,20,22H,7-12,14H2,1-2H3;2*1H. The number of halogens is 2. The van der Waals surface area contributed by atoms with Crippen LogP contribution in [-0.2, 0) is 18.3 Å². The Balaban J connectivity index is 0.00000150. The van der Waals surface area contributed by atoms with Crippen molar-refractivity contribution >= 4 is 36.4 Å². The fourth-order valence-electron chi connectivity index (χ4n) is 4.45. The topological polar surface area (TPSA) is 53.4 Å². The zero-order chi connectivity index (χ0) is 18.8. The van der Waals surface area contributed by atoms with Crippen molar-refractivity contribution in [2.45, 2.75) is 25.3 Å². The van der Waals surface area contributed by atoms with Gasteiger partial charge in [-0.05, 0) is 43.9 Å². The van der Waals surface area contributed by atoms with Gasteiger partial charge in [-0.15, -0.1) is 24.8 Å². The highest BCUT2D eigenvalue weighted by molar-refractivity contribution is 5.85. The number of rotatable bonds is 5. The van der Waals surface area contributed by atoms with Crippen LogP contribution >= 0.6 is 24.8 Å². The summed E-state index contributed by atoms with van der Waals surface area (Å²) in [4.78, 5) is 17.5. The summed E-state index contributed by atoms with van der Waals surface area (Å²) in [7, 11) is 3.72. The van der Waals surface area contributed by atoms with Crippen LogP contribution in [0.25, 0.3) is 0 Å². The molecule has 1 amide bonds. The van der Waals surface area contributed by atoms with Crippen molar-refractivity contribution in [2.24, 2.45) is 13.0 Å². The summed E-state index contributed by atoms with van der Waals surface area (Å²) in [6, 6.07) is 8.45. The van der Waals surface area contributed by atoms with Gasteiger partial charge in [0, 0.05) is 50.7 Å². The lowest BCUT2D eigenvalue weighted by molar-refractivity contribution is -0.134. The number of carbonyl (C=O) groups excluding carboxylic acids is 1. The molecule has 0 aliphatic carbocycles. The number of piperidine rings is 1. The van der Waals surface area contributed by atoms with Crippen LogP contribution in [-0.4, -0.2) is 53.8 Å². The first kappa shape index (κ1) is 23.5. The van der Waals surface area contributed by atoms with Gasteiger partial charge < -0.3 is 15.1 Å². The van der Waals surface area contributed by atoms with Crippen LogP contribution in [0.15, 0.2) is 36.7 Å². The van der Waals surface area contributed by atoms with Crippen LogP contribution < -0.4 is 10.2 Å². The van der Waals surface area contributed by atoms with Gasteiger partial charge in [0.25, 0.3) is 0 Å². The van der Waals surface area contributed by atoms with Crippen LogP contribution in [0.1, 0.15) is 30.0 Å². The van der Waals surface area contributed by atoms with E-state index in [1.807, 2.05) is 25.2 Å². The third-order valence-electron chi connectivity index (χ3n) is 5.98. The Labute approximate surface area is 185 Å². The molecule has 1 fully saturated rings. The summed E-state index contributed by atoms with van der Waals surface area (Å²) in [6.45, 7) is 3.92. The normalized spacial score (nSPS) is 17.3. The number of fused-ring (bicyclic) bond motifs is 1. The van der Waals surface area contributed by atoms with Gasteiger partial charge in [0.1, 0.15) is 6.04 Å². The zero-order valence-corrected chi connectivity index (χ0v) is 18.7. The van der Waals surface area contributed by atoms with E-state index in [1.165, 1.54) is 11.3 Å². The second-order valence-corrected chi connectivity index (χ2v) is 7.76. The highest BCUT2D eigenvalue weighted by atomic mass is 35.5. The lowest BCUT2D eigenvalue weighted by Crippen LogP contribution is -2.45. The van der Waals surface area contributed by atoms with Crippen molar-refractivity contribution in [3.05, 3.63) is 47.8 Å². The molecule has 1 N–H and O–H groups in total. The summed E-state index contributed by atoms with van der Waals surface area (Å²) < 4.78 is 1.74. The molecule has 0 spiro atoms. The van der Waals surface area contributed by atoms with Crippen molar-refractivity contribution in [3.63, 3.8) is 0 Å². The van der Waals surface area contributed by atoms with Crippen LogP contribution in [0.3, 0.4) is 0 Å². The second-order valence-electron chi connectivity index (χ2n) is 7.76. The number of nitrogens with zero attached hydrogens (tertiary/aromatic N) is 4. The third-order valence-corrected chi connectivity index (χ3v) is 5.98. The summed E-state index contributed by atoms with van der Waals surface area (Å²) in [5, 5.41) is 7.36. The van der Waals surface area contributed by atoms with Gasteiger partial charge in [0.15, 0.2) is 0 Å². The average Bonchev–Trinajstić information content (AvgIpc) is 3.30. The van der Waals surface area contributed by atoms with Crippen molar-refractivity contribution < 1.29 is 4.79 Å². The Morgan fingerprint density at radius 2 is 1.93 bits per heavy atom. The highest BCUT2D eigenvalue weighted by Crippen LogP contribution is 2.30. The molecule has 4 rings (SSSR count). The molecule has 3 heterocycles. The Morgan fingerprint density at radius 3 is 2.59 bits per heavy atom. The van der Waals surface area contributed by atoms with E-state index < -0.39 is 0 Å². The molecular weight excluding hydrogens is 409 g/mol. The lowest BCUT2D eigenvalue weighted by Gasteiger charge is -2.36. The maximum absolute atomic E-state index is 13.0. The van der Waals surface area contributed by atoms with E-state index in [2.05, 4.69) is 39.6 Å². The molecule has 2 aliphatic heterocycles. The first-order valence-electron chi connectivity index (χ1n) is 9.93. The average molecular weight is 440 g/mol. The Hall–Kier alpha value is -1.76. The van der Waals surface area contributed by atoms with Gasteiger partial charge in [0.2, 0.25) is 5.91 Å². The fourth-order valence-corrected chi connectivity index (χ4v) is 4.45. The highest BCUT2D eigenvalue weighted by Gasteiger charge is 2.30. The quantitative estimate of drug-likeness (QED) is 0.777. The first-order chi connectivity index (χ1) is 13.2. The minimum Gasteiger partial charge on any atom is -0.371 e. The summed E-state index contributed by atoms with van der Waals surface area (Å²) >= 11 is 0. The molecule has 1 atom stereocenters. The van der Waals surface area contributed by atoms with Crippen molar-refractivity contribution in [3.8, 4) is 0 Å². The minimum absolute atomic E-state index is 0. The maximum atomic E-state index is 13.0. The number of anilines is 1. The molecule has 0 bridgehead atoms. The Morgan fingerprint density at radius 1 is 1.21 bits per heavy atom. The van der Waals surface area contributed by atoms with E-state index in [0.29, 0.717) is 5.92 Å². The molecule has 1 unspecified atom stereocenters. The molecule has 6 nitrogen and oxygen atoms in total.